The van der Waals surface area contributed by atoms with Gasteiger partial charge in [0.25, 0.3) is 0 Å². The van der Waals surface area contributed by atoms with Gasteiger partial charge in [0.1, 0.15) is 9.88 Å². The van der Waals surface area contributed by atoms with E-state index >= 15 is 0 Å². The molecule has 7 nitrogen and oxygen atoms in total. The van der Waals surface area contributed by atoms with Gasteiger partial charge in [0.15, 0.2) is 5.82 Å². The Morgan fingerprint density at radius 3 is 2.61 bits per heavy atom. The average molecular weight is 401 g/mol. The van der Waals surface area contributed by atoms with Crippen molar-refractivity contribution in [3.63, 3.8) is 0 Å². The summed E-state index contributed by atoms with van der Waals surface area (Å²) in [4.78, 5) is 24.8. The Labute approximate surface area is 169 Å². The number of aromatic nitrogens is 2. The van der Waals surface area contributed by atoms with Crippen molar-refractivity contribution in [3.8, 4) is 22.4 Å². The van der Waals surface area contributed by atoms with E-state index in [9.17, 15) is 9.90 Å². The van der Waals surface area contributed by atoms with Crippen LogP contribution in [0.2, 0.25) is 0 Å². The van der Waals surface area contributed by atoms with Gasteiger partial charge in [-0.15, -0.1) is 11.3 Å². The van der Waals surface area contributed by atoms with E-state index in [2.05, 4.69) is 26.7 Å². The number of ether oxygens (including phenoxy) is 1. The third-order valence-corrected chi connectivity index (χ3v) is 5.23. The normalized spacial score (nSPS) is 15.0. The maximum absolute atomic E-state index is 12.0. The molecule has 0 bridgehead atoms. The van der Waals surface area contributed by atoms with Gasteiger partial charge in [-0.05, 0) is 32.9 Å². The van der Waals surface area contributed by atoms with Crippen LogP contribution in [0.15, 0.2) is 24.5 Å². The molecule has 0 aliphatic carbocycles. The zero-order valence-corrected chi connectivity index (χ0v) is 17.1. The van der Waals surface area contributed by atoms with Crippen LogP contribution in [0.5, 0.6) is 0 Å². The van der Waals surface area contributed by atoms with Crippen LogP contribution >= 0.6 is 11.3 Å². The topological polar surface area (TPSA) is 78.8 Å². The molecule has 0 spiro atoms. The Bertz CT molecular complexity index is 874. The molecule has 0 radical (unpaired) electrons. The van der Waals surface area contributed by atoms with Crippen molar-refractivity contribution in [1.29, 1.82) is 0 Å². The van der Waals surface area contributed by atoms with Crippen LogP contribution in [0.4, 0.5) is 10.6 Å². The maximum atomic E-state index is 12.0. The minimum absolute atomic E-state index is 0.381. The number of thiazole rings is 1. The molecule has 3 heterocycles. The molecule has 1 fully saturated rings. The first-order valence-corrected chi connectivity index (χ1v) is 9.91. The van der Waals surface area contributed by atoms with Crippen LogP contribution in [-0.4, -0.2) is 64.5 Å². The van der Waals surface area contributed by atoms with Gasteiger partial charge >= 0.3 is 6.09 Å². The molecular weight excluding hydrogens is 376 g/mol. The molecular formula is C20H24N4O3S. The second kappa shape index (κ2) is 8.69. The smallest absolute Gasteiger partial charge is 0.413 e. The van der Waals surface area contributed by atoms with Crippen LogP contribution in [-0.2, 0) is 4.74 Å². The lowest BCUT2D eigenvalue weighted by molar-refractivity contribution is 0.0443. The molecule has 1 aliphatic heterocycles. The molecule has 148 valence electrons. The number of rotatable bonds is 3. The van der Waals surface area contributed by atoms with Crippen LogP contribution in [0.3, 0.4) is 0 Å². The largest absolute Gasteiger partial charge is 0.465 e. The fourth-order valence-electron chi connectivity index (χ4n) is 2.85. The van der Waals surface area contributed by atoms with Gasteiger partial charge in [-0.1, -0.05) is 11.8 Å². The first-order valence-electron chi connectivity index (χ1n) is 9.09. The summed E-state index contributed by atoms with van der Waals surface area (Å²) < 4.78 is 5.36. The van der Waals surface area contributed by atoms with E-state index in [1.807, 2.05) is 32.9 Å². The number of hydrogen-bond acceptors (Lipinski definition) is 6. The van der Waals surface area contributed by atoms with Gasteiger partial charge in [-0.25, -0.2) is 9.78 Å². The molecule has 0 atom stereocenters. The van der Waals surface area contributed by atoms with Crippen molar-refractivity contribution >= 4 is 23.2 Å². The molecule has 0 saturated carbocycles. The van der Waals surface area contributed by atoms with E-state index in [1.54, 1.807) is 12.4 Å². The monoisotopic (exact) mass is 400 g/mol. The predicted molar refractivity (Wildman–Crippen MR) is 110 cm³/mol. The van der Waals surface area contributed by atoms with E-state index in [-0.39, 0.29) is 0 Å². The zero-order valence-electron chi connectivity index (χ0n) is 16.3. The van der Waals surface area contributed by atoms with Gasteiger partial charge in [-0.3, -0.25) is 14.8 Å². The van der Waals surface area contributed by atoms with Gasteiger partial charge in [0.05, 0.1) is 19.8 Å². The van der Waals surface area contributed by atoms with Gasteiger partial charge in [0, 0.05) is 36.6 Å². The number of carboxylic acid groups (broad SMARTS) is 1. The SMILES string of the molecule is CC(C)(C)N(C(=O)O)c1nc(-c2ccncc2)sc1C#CCN1CCOCC1. The summed E-state index contributed by atoms with van der Waals surface area (Å²) in [6.45, 7) is 9.30. The fourth-order valence-corrected chi connectivity index (χ4v) is 3.78. The Morgan fingerprint density at radius 1 is 1.32 bits per heavy atom. The molecule has 28 heavy (non-hydrogen) atoms. The first-order chi connectivity index (χ1) is 13.4. The van der Waals surface area contributed by atoms with Crippen LogP contribution in [0.1, 0.15) is 25.6 Å². The molecule has 8 heteroatoms. The van der Waals surface area contributed by atoms with Crippen molar-refractivity contribution < 1.29 is 14.6 Å². The molecule has 2 aromatic heterocycles. The Hall–Kier alpha value is -2.47. The molecule has 2 aromatic rings. The summed E-state index contributed by atoms with van der Waals surface area (Å²) in [7, 11) is 0. The lowest BCUT2D eigenvalue weighted by Gasteiger charge is -2.31. The third kappa shape index (κ3) is 4.87. The van der Waals surface area contributed by atoms with Crippen LogP contribution in [0.25, 0.3) is 10.6 Å². The highest BCUT2D eigenvalue weighted by molar-refractivity contribution is 7.16. The molecule has 1 amide bonds. The lowest BCUT2D eigenvalue weighted by atomic mass is 10.1. The second-order valence-electron chi connectivity index (χ2n) is 7.39. The summed E-state index contributed by atoms with van der Waals surface area (Å²) in [5.74, 6) is 6.72. The van der Waals surface area contributed by atoms with Crippen LogP contribution < -0.4 is 4.90 Å². The summed E-state index contributed by atoms with van der Waals surface area (Å²) in [5.41, 5.74) is 0.248. The first kappa shape index (κ1) is 20.3. The van der Waals surface area contributed by atoms with Crippen molar-refractivity contribution in [1.82, 2.24) is 14.9 Å². The second-order valence-corrected chi connectivity index (χ2v) is 8.39. The maximum Gasteiger partial charge on any atom is 0.413 e. The van der Waals surface area contributed by atoms with E-state index in [1.165, 1.54) is 16.2 Å². The summed E-state index contributed by atoms with van der Waals surface area (Å²) in [5, 5.41) is 10.5. The molecule has 1 aliphatic rings. The van der Waals surface area contributed by atoms with E-state index in [0.29, 0.717) is 17.2 Å². The minimum Gasteiger partial charge on any atom is -0.465 e. The number of nitrogens with zero attached hydrogens (tertiary/aromatic N) is 4. The lowest BCUT2D eigenvalue weighted by Crippen LogP contribution is -2.45. The van der Waals surface area contributed by atoms with Crippen LogP contribution in [0, 0.1) is 11.8 Å². The van der Waals surface area contributed by atoms with E-state index < -0.39 is 11.6 Å². The van der Waals surface area contributed by atoms with Crippen molar-refractivity contribution in [2.75, 3.05) is 37.7 Å². The fraction of sp³-hybridized carbons (Fsp3) is 0.450. The highest BCUT2D eigenvalue weighted by atomic mass is 32.1. The van der Waals surface area contributed by atoms with Crippen molar-refractivity contribution in [2.45, 2.75) is 26.3 Å². The van der Waals surface area contributed by atoms with E-state index in [0.717, 1.165) is 36.9 Å². The third-order valence-electron chi connectivity index (χ3n) is 4.22. The molecule has 1 N–H and O–H groups in total. The summed E-state index contributed by atoms with van der Waals surface area (Å²) >= 11 is 1.40. The molecule has 0 aromatic carbocycles. The highest BCUT2D eigenvalue weighted by Crippen LogP contribution is 2.35. The number of hydrogen-bond donors (Lipinski definition) is 1. The molecule has 0 unspecified atom stereocenters. The minimum atomic E-state index is -1.05. The zero-order chi connectivity index (χ0) is 20.1. The standard InChI is InChI=1S/C20H24N4O3S/c1-20(2,3)24(19(25)26)17-16(5-4-10-23-11-13-27-14-12-23)28-18(22-17)15-6-8-21-9-7-15/h6-9H,10-14H2,1-3H3,(H,25,26). The number of carbonyl (C=O) groups is 1. The number of morpholine rings is 1. The summed E-state index contributed by atoms with van der Waals surface area (Å²) in [6, 6.07) is 3.71. The van der Waals surface area contributed by atoms with Crippen molar-refractivity contribution in [3.05, 3.63) is 29.4 Å². The van der Waals surface area contributed by atoms with Gasteiger partial charge in [-0.2, -0.15) is 0 Å². The van der Waals surface area contributed by atoms with Gasteiger partial charge < -0.3 is 9.84 Å². The predicted octanol–water partition coefficient (Wildman–Crippen LogP) is 3.17. The number of anilines is 1. The van der Waals surface area contributed by atoms with E-state index in [4.69, 9.17) is 4.74 Å². The molecule has 1 saturated heterocycles. The molecule has 3 rings (SSSR count). The van der Waals surface area contributed by atoms with Crippen molar-refractivity contribution in [2.24, 2.45) is 0 Å². The quantitative estimate of drug-likeness (QED) is 0.798. The Kier molecular flexibility index (Phi) is 6.29. The number of amides is 1. The Balaban J connectivity index is 1.96. The Morgan fingerprint density at radius 2 is 2.00 bits per heavy atom. The highest BCUT2D eigenvalue weighted by Gasteiger charge is 2.32. The summed E-state index contributed by atoms with van der Waals surface area (Å²) in [6.07, 6.45) is 2.34. The van der Waals surface area contributed by atoms with Gasteiger partial charge in [0.2, 0.25) is 0 Å². The average Bonchev–Trinajstić information content (AvgIpc) is 3.05. The number of pyridine rings is 1.